The predicted octanol–water partition coefficient (Wildman–Crippen LogP) is 1.94. The minimum atomic E-state index is -0.429. The van der Waals surface area contributed by atoms with Crippen LogP contribution in [0.25, 0.3) is 0 Å². The lowest BCUT2D eigenvalue weighted by molar-refractivity contribution is 0.104. The Morgan fingerprint density at radius 1 is 1.13 bits per heavy atom. The number of phenolic OH excluding ortho intramolecular Hbond substituents is 2. The van der Waals surface area contributed by atoms with Crippen LogP contribution in [0.4, 0.5) is 0 Å². The number of aromatic hydroxyl groups is 2. The maximum absolute atomic E-state index is 11.5. The van der Waals surface area contributed by atoms with Crippen molar-refractivity contribution in [2.75, 3.05) is 0 Å². The first-order valence-corrected chi connectivity index (χ1v) is 4.87. The molecule has 0 aromatic heterocycles. The van der Waals surface area contributed by atoms with Crippen molar-refractivity contribution in [1.82, 2.24) is 0 Å². The summed E-state index contributed by atoms with van der Waals surface area (Å²) < 4.78 is 0.292. The van der Waals surface area contributed by atoms with Crippen LogP contribution in [0.2, 0.25) is 0 Å². The topological polar surface area (TPSA) is 81.4 Å². The number of nitrogens with one attached hydrogen (secondary N) is 1. The molecule has 76 valence electrons. The molecular formula is C10H6BrNO3. The Morgan fingerprint density at radius 2 is 1.67 bits per heavy atom. The highest BCUT2D eigenvalue weighted by atomic mass is 79.9. The summed E-state index contributed by atoms with van der Waals surface area (Å²) in [5.41, 5.74) is 0.0237. The molecule has 0 unspecified atom stereocenters. The van der Waals surface area contributed by atoms with Crippen LogP contribution in [-0.4, -0.2) is 21.7 Å². The third-order valence-corrected chi connectivity index (χ3v) is 2.78. The van der Waals surface area contributed by atoms with E-state index < -0.39 is 5.78 Å². The number of halogens is 1. The number of hydrogen-bond acceptors (Lipinski definition) is 4. The summed E-state index contributed by atoms with van der Waals surface area (Å²) in [6.07, 6.45) is 1.20. The fourth-order valence-corrected chi connectivity index (χ4v) is 1.87. The van der Waals surface area contributed by atoms with Crippen LogP contribution in [0.15, 0.2) is 22.7 Å². The van der Waals surface area contributed by atoms with Crippen LogP contribution >= 0.6 is 15.9 Å². The van der Waals surface area contributed by atoms with Gasteiger partial charge in [0, 0.05) is 10.6 Å². The molecule has 3 N–H and O–H groups in total. The maximum atomic E-state index is 11.5. The van der Waals surface area contributed by atoms with E-state index in [0.29, 0.717) is 4.48 Å². The Morgan fingerprint density at radius 3 is 2.27 bits per heavy atom. The molecule has 0 amide bonds. The summed E-state index contributed by atoms with van der Waals surface area (Å²) in [7, 11) is 0. The molecule has 2 rings (SSSR count). The summed E-state index contributed by atoms with van der Waals surface area (Å²) >= 11 is 3.05. The Kier molecular flexibility index (Phi) is 2.12. The summed E-state index contributed by atoms with van der Waals surface area (Å²) in [5, 5.41) is 26.7. The Balaban J connectivity index is 2.82. The molecule has 5 heteroatoms. The van der Waals surface area contributed by atoms with Crippen LogP contribution in [0.1, 0.15) is 15.9 Å². The van der Waals surface area contributed by atoms with Crippen molar-refractivity contribution in [2.45, 2.75) is 0 Å². The lowest BCUT2D eigenvalue weighted by Crippen LogP contribution is -2.14. The van der Waals surface area contributed by atoms with Gasteiger partial charge in [0.25, 0.3) is 0 Å². The van der Waals surface area contributed by atoms with E-state index in [2.05, 4.69) is 15.9 Å². The van der Waals surface area contributed by atoms with Gasteiger partial charge in [-0.15, -0.1) is 0 Å². The molecule has 0 saturated carbocycles. The van der Waals surface area contributed by atoms with Crippen molar-refractivity contribution < 1.29 is 15.0 Å². The highest BCUT2D eigenvalue weighted by molar-refractivity contribution is 9.12. The van der Waals surface area contributed by atoms with Crippen LogP contribution in [0, 0.1) is 5.41 Å². The molecular weight excluding hydrogens is 262 g/mol. The zero-order valence-electron chi connectivity index (χ0n) is 7.41. The lowest BCUT2D eigenvalue weighted by atomic mass is 9.92. The number of carbonyl (C=O) groups is 1. The predicted molar refractivity (Wildman–Crippen MR) is 57.9 cm³/mol. The van der Waals surface area contributed by atoms with Gasteiger partial charge in [-0.1, -0.05) is 0 Å². The smallest absolute Gasteiger partial charge is 0.191 e. The van der Waals surface area contributed by atoms with Crippen molar-refractivity contribution in [1.29, 1.82) is 5.41 Å². The molecule has 0 bridgehead atoms. The van der Waals surface area contributed by atoms with E-state index >= 15 is 0 Å². The highest BCUT2D eigenvalue weighted by Crippen LogP contribution is 2.35. The second-order valence-electron chi connectivity index (χ2n) is 3.09. The largest absolute Gasteiger partial charge is 0.507 e. The lowest BCUT2D eigenvalue weighted by Gasteiger charge is -2.16. The molecule has 0 fully saturated rings. The van der Waals surface area contributed by atoms with Gasteiger partial charge in [-0.05, 0) is 28.1 Å². The van der Waals surface area contributed by atoms with Gasteiger partial charge in [-0.3, -0.25) is 10.2 Å². The van der Waals surface area contributed by atoms with Crippen molar-refractivity contribution in [2.24, 2.45) is 0 Å². The summed E-state index contributed by atoms with van der Waals surface area (Å²) in [6.45, 7) is 0. The number of benzene rings is 1. The molecule has 1 aliphatic rings. The van der Waals surface area contributed by atoms with E-state index in [-0.39, 0.29) is 28.3 Å². The monoisotopic (exact) mass is 267 g/mol. The Labute approximate surface area is 93.5 Å². The summed E-state index contributed by atoms with van der Waals surface area (Å²) in [5.74, 6) is -0.846. The number of hydrogen-bond donors (Lipinski definition) is 3. The first kappa shape index (κ1) is 9.92. The molecule has 1 aromatic rings. The van der Waals surface area contributed by atoms with Gasteiger partial charge in [0.1, 0.15) is 11.5 Å². The number of phenols is 2. The molecule has 15 heavy (non-hydrogen) atoms. The van der Waals surface area contributed by atoms with Crippen molar-refractivity contribution in [3.63, 3.8) is 0 Å². The SMILES string of the molecule is N=C1C(Br)=CC(=O)c2c(O)ccc(O)c21. The minimum Gasteiger partial charge on any atom is -0.507 e. The zero-order valence-corrected chi connectivity index (χ0v) is 9.00. The Bertz CT molecular complexity index is 520. The first-order chi connectivity index (χ1) is 7.02. The van der Waals surface area contributed by atoms with E-state index in [1.165, 1.54) is 18.2 Å². The van der Waals surface area contributed by atoms with Crippen LogP contribution in [-0.2, 0) is 0 Å². The molecule has 0 spiro atoms. The van der Waals surface area contributed by atoms with Crippen LogP contribution in [0.3, 0.4) is 0 Å². The average molecular weight is 268 g/mol. The molecule has 0 heterocycles. The van der Waals surface area contributed by atoms with Crippen LogP contribution in [0.5, 0.6) is 11.5 Å². The minimum absolute atomic E-state index is 0.0157. The summed E-state index contributed by atoms with van der Waals surface area (Å²) in [6, 6.07) is 2.48. The molecule has 1 aliphatic carbocycles. The number of fused-ring (bicyclic) bond motifs is 1. The second-order valence-corrected chi connectivity index (χ2v) is 3.94. The molecule has 1 aromatic carbocycles. The van der Waals surface area contributed by atoms with Gasteiger partial charge in [-0.25, -0.2) is 0 Å². The number of rotatable bonds is 0. The fraction of sp³-hybridized carbons (Fsp3) is 0. The normalized spacial score (nSPS) is 14.9. The molecule has 4 nitrogen and oxygen atoms in total. The molecule has 0 saturated heterocycles. The number of carbonyl (C=O) groups excluding carboxylic acids is 1. The van der Waals surface area contributed by atoms with Gasteiger partial charge in [-0.2, -0.15) is 0 Å². The third kappa shape index (κ3) is 1.35. The van der Waals surface area contributed by atoms with Crippen LogP contribution < -0.4 is 0 Å². The van der Waals surface area contributed by atoms with E-state index in [9.17, 15) is 15.0 Å². The maximum Gasteiger partial charge on any atom is 0.191 e. The third-order valence-electron chi connectivity index (χ3n) is 2.15. The van der Waals surface area contributed by atoms with E-state index in [0.717, 1.165) is 0 Å². The Hall–Kier alpha value is -1.62. The van der Waals surface area contributed by atoms with Gasteiger partial charge >= 0.3 is 0 Å². The number of ketones is 1. The molecule has 0 radical (unpaired) electrons. The van der Waals surface area contributed by atoms with E-state index in [1.807, 2.05) is 0 Å². The van der Waals surface area contributed by atoms with Crippen molar-refractivity contribution >= 4 is 27.4 Å². The summed E-state index contributed by atoms with van der Waals surface area (Å²) in [4.78, 5) is 11.5. The zero-order chi connectivity index (χ0) is 11.2. The second kappa shape index (κ2) is 3.20. The number of allylic oxidation sites excluding steroid dienone is 2. The van der Waals surface area contributed by atoms with Gasteiger partial charge in [0.2, 0.25) is 0 Å². The van der Waals surface area contributed by atoms with Gasteiger partial charge < -0.3 is 10.2 Å². The van der Waals surface area contributed by atoms with Crippen molar-refractivity contribution in [3.8, 4) is 11.5 Å². The fourth-order valence-electron chi connectivity index (χ4n) is 1.46. The quantitative estimate of drug-likeness (QED) is 0.629. The van der Waals surface area contributed by atoms with E-state index in [1.54, 1.807) is 0 Å². The van der Waals surface area contributed by atoms with Gasteiger partial charge in [0.05, 0.1) is 16.8 Å². The average Bonchev–Trinajstić information content (AvgIpc) is 2.18. The molecule has 0 atom stereocenters. The standard InChI is InChI=1S/C10H6BrNO3/c11-4-3-7(15)8-5(13)1-2-6(14)9(8)10(4)12/h1-3,12-14H. The van der Waals surface area contributed by atoms with Gasteiger partial charge in [0.15, 0.2) is 5.78 Å². The highest BCUT2D eigenvalue weighted by Gasteiger charge is 2.27. The van der Waals surface area contributed by atoms with E-state index in [4.69, 9.17) is 5.41 Å². The van der Waals surface area contributed by atoms with Crippen molar-refractivity contribution in [3.05, 3.63) is 33.8 Å². The first-order valence-electron chi connectivity index (χ1n) is 4.08. The molecule has 0 aliphatic heterocycles.